The summed E-state index contributed by atoms with van der Waals surface area (Å²) in [4.78, 5) is 2.27. The van der Waals surface area contributed by atoms with Crippen molar-refractivity contribution >= 4 is 15.9 Å². The number of aromatic nitrogens is 2. The molecule has 0 bridgehead atoms. The average molecular weight is 337 g/mol. The third kappa shape index (κ3) is 3.08. The zero-order chi connectivity index (χ0) is 13.9. The number of nitrogens with zero attached hydrogens (tertiary/aromatic N) is 3. The van der Waals surface area contributed by atoms with E-state index in [0.717, 1.165) is 36.0 Å². The van der Waals surface area contributed by atoms with Gasteiger partial charge in [0.2, 0.25) is 11.8 Å². The number of nitrogens with two attached hydrogens (primary N) is 1. The molecule has 2 aromatic rings. The van der Waals surface area contributed by atoms with Crippen molar-refractivity contribution in [3.8, 4) is 11.5 Å². The van der Waals surface area contributed by atoms with Gasteiger partial charge in [0.15, 0.2) is 0 Å². The molecule has 1 fully saturated rings. The Hall–Kier alpha value is -1.24. The van der Waals surface area contributed by atoms with Gasteiger partial charge >= 0.3 is 0 Å². The number of hydrogen-bond donors (Lipinski definition) is 1. The summed E-state index contributed by atoms with van der Waals surface area (Å²) in [6.07, 6.45) is 2.23. The van der Waals surface area contributed by atoms with Crippen LogP contribution in [0.3, 0.4) is 0 Å². The molecule has 0 amide bonds. The monoisotopic (exact) mass is 336 g/mol. The molecular formula is C14H17BrN4O. The van der Waals surface area contributed by atoms with Crippen molar-refractivity contribution in [1.29, 1.82) is 0 Å². The van der Waals surface area contributed by atoms with Crippen molar-refractivity contribution in [2.75, 3.05) is 13.1 Å². The van der Waals surface area contributed by atoms with Crippen molar-refractivity contribution in [3.63, 3.8) is 0 Å². The van der Waals surface area contributed by atoms with Crippen LogP contribution < -0.4 is 5.73 Å². The molecule has 1 saturated heterocycles. The second kappa shape index (κ2) is 6.03. The highest BCUT2D eigenvalue weighted by molar-refractivity contribution is 9.10. The Bertz CT molecular complexity index is 586. The maximum Gasteiger partial charge on any atom is 0.248 e. The smallest absolute Gasteiger partial charge is 0.248 e. The lowest BCUT2D eigenvalue weighted by molar-refractivity contribution is 0.185. The van der Waals surface area contributed by atoms with Gasteiger partial charge in [0, 0.05) is 17.1 Å². The molecule has 5 nitrogen and oxygen atoms in total. The first-order valence-corrected chi connectivity index (χ1v) is 7.57. The van der Waals surface area contributed by atoms with Crippen LogP contribution in [0.2, 0.25) is 0 Å². The molecule has 6 heteroatoms. The van der Waals surface area contributed by atoms with Crippen LogP contribution in [0.5, 0.6) is 0 Å². The average Bonchev–Trinajstić information content (AvgIpc) is 2.87. The van der Waals surface area contributed by atoms with Crippen LogP contribution in [0.4, 0.5) is 0 Å². The Morgan fingerprint density at radius 2 is 2.20 bits per heavy atom. The fraction of sp³-hybridized carbons (Fsp3) is 0.429. The molecule has 1 aliphatic rings. The number of likely N-dealkylation sites (tertiary alicyclic amines) is 1. The molecule has 2 N–H and O–H groups in total. The van der Waals surface area contributed by atoms with Crippen molar-refractivity contribution in [2.24, 2.45) is 5.73 Å². The normalized spacial score (nSPS) is 20.2. The summed E-state index contributed by atoms with van der Waals surface area (Å²) in [6.45, 7) is 2.61. The number of hydrogen-bond acceptors (Lipinski definition) is 5. The third-order valence-electron chi connectivity index (χ3n) is 3.47. The van der Waals surface area contributed by atoms with E-state index in [1.54, 1.807) is 0 Å². The first kappa shape index (κ1) is 13.7. The molecule has 1 aromatic carbocycles. The molecule has 0 unspecified atom stereocenters. The first-order chi connectivity index (χ1) is 9.72. The van der Waals surface area contributed by atoms with E-state index in [0.29, 0.717) is 18.3 Å². The molecule has 3 rings (SSSR count). The van der Waals surface area contributed by atoms with Crippen LogP contribution in [0.15, 0.2) is 33.2 Å². The van der Waals surface area contributed by atoms with Crippen molar-refractivity contribution < 1.29 is 4.42 Å². The Kier molecular flexibility index (Phi) is 4.14. The van der Waals surface area contributed by atoms with Crippen LogP contribution in [0.1, 0.15) is 18.7 Å². The van der Waals surface area contributed by atoms with E-state index in [4.69, 9.17) is 10.2 Å². The second-order valence-electron chi connectivity index (χ2n) is 5.12. The van der Waals surface area contributed by atoms with Gasteiger partial charge in [-0.2, -0.15) is 0 Å². The van der Waals surface area contributed by atoms with Gasteiger partial charge in [-0.1, -0.05) is 12.1 Å². The molecule has 20 heavy (non-hydrogen) atoms. The summed E-state index contributed by atoms with van der Waals surface area (Å²) >= 11 is 3.49. The summed E-state index contributed by atoms with van der Waals surface area (Å²) in [6, 6.07) is 8.09. The fourth-order valence-corrected chi connectivity index (χ4v) is 2.94. The van der Waals surface area contributed by atoms with Gasteiger partial charge in [0.05, 0.1) is 12.1 Å². The SMILES string of the molecule is N[C@@H]1CCCN(Cc2nnc(-c3ccccc3Br)o2)C1. The minimum absolute atomic E-state index is 0.259. The predicted molar refractivity (Wildman–Crippen MR) is 79.9 cm³/mol. The highest BCUT2D eigenvalue weighted by Gasteiger charge is 2.19. The maximum absolute atomic E-state index is 5.98. The quantitative estimate of drug-likeness (QED) is 0.932. The maximum atomic E-state index is 5.98. The summed E-state index contributed by atoms with van der Waals surface area (Å²) in [5.74, 6) is 1.19. The van der Waals surface area contributed by atoms with Gasteiger partial charge in [-0.05, 0) is 47.4 Å². The van der Waals surface area contributed by atoms with Gasteiger partial charge in [-0.15, -0.1) is 10.2 Å². The highest BCUT2D eigenvalue weighted by Crippen LogP contribution is 2.27. The Balaban J connectivity index is 1.72. The van der Waals surface area contributed by atoms with Gasteiger partial charge in [0.1, 0.15) is 0 Å². The summed E-state index contributed by atoms with van der Waals surface area (Å²) in [5.41, 5.74) is 6.90. The van der Waals surface area contributed by atoms with E-state index in [1.807, 2.05) is 24.3 Å². The molecule has 0 radical (unpaired) electrons. The Morgan fingerprint density at radius 3 is 3.00 bits per heavy atom. The van der Waals surface area contributed by atoms with Crippen LogP contribution in [-0.2, 0) is 6.54 Å². The molecule has 1 aromatic heterocycles. The number of halogens is 1. The summed E-state index contributed by atoms with van der Waals surface area (Å²) < 4.78 is 6.71. The third-order valence-corrected chi connectivity index (χ3v) is 4.16. The van der Waals surface area contributed by atoms with E-state index < -0.39 is 0 Å². The van der Waals surface area contributed by atoms with Crippen molar-refractivity contribution in [3.05, 3.63) is 34.6 Å². The van der Waals surface area contributed by atoms with Crippen LogP contribution >= 0.6 is 15.9 Å². The molecule has 2 heterocycles. The van der Waals surface area contributed by atoms with E-state index >= 15 is 0 Å². The molecule has 1 atom stereocenters. The number of piperidine rings is 1. The molecule has 1 aliphatic heterocycles. The van der Waals surface area contributed by atoms with Crippen LogP contribution in [0.25, 0.3) is 11.5 Å². The second-order valence-corrected chi connectivity index (χ2v) is 5.97. The van der Waals surface area contributed by atoms with E-state index in [2.05, 4.69) is 31.0 Å². The van der Waals surface area contributed by atoms with Gasteiger partial charge in [0.25, 0.3) is 0 Å². The summed E-state index contributed by atoms with van der Waals surface area (Å²) in [7, 11) is 0. The van der Waals surface area contributed by atoms with E-state index in [9.17, 15) is 0 Å². The minimum atomic E-state index is 0.259. The van der Waals surface area contributed by atoms with Crippen LogP contribution in [-0.4, -0.2) is 34.2 Å². The lowest BCUT2D eigenvalue weighted by atomic mass is 10.1. The van der Waals surface area contributed by atoms with Crippen LogP contribution in [0, 0.1) is 0 Å². The van der Waals surface area contributed by atoms with Gasteiger partial charge < -0.3 is 10.2 Å². The molecule has 0 spiro atoms. The molecule has 106 valence electrons. The fourth-order valence-electron chi connectivity index (χ4n) is 2.49. The standard InChI is InChI=1S/C14H17BrN4O/c15-12-6-2-1-5-11(12)14-18-17-13(20-14)9-19-7-3-4-10(16)8-19/h1-2,5-6,10H,3-4,7-9,16H2/t10-/m1/s1. The van der Waals surface area contributed by atoms with Crippen molar-refractivity contribution in [2.45, 2.75) is 25.4 Å². The molecule has 0 saturated carbocycles. The molecular weight excluding hydrogens is 320 g/mol. The zero-order valence-corrected chi connectivity index (χ0v) is 12.7. The van der Waals surface area contributed by atoms with E-state index in [1.165, 1.54) is 0 Å². The Labute approximate surface area is 126 Å². The topological polar surface area (TPSA) is 68.2 Å². The molecule has 0 aliphatic carbocycles. The number of rotatable bonds is 3. The predicted octanol–water partition coefficient (Wildman–Crippen LogP) is 2.42. The lowest BCUT2D eigenvalue weighted by Crippen LogP contribution is -2.42. The summed E-state index contributed by atoms with van der Waals surface area (Å²) in [5, 5.41) is 8.26. The zero-order valence-electron chi connectivity index (χ0n) is 11.1. The Morgan fingerprint density at radius 1 is 1.35 bits per heavy atom. The lowest BCUT2D eigenvalue weighted by Gasteiger charge is -2.29. The largest absolute Gasteiger partial charge is 0.419 e. The van der Waals surface area contributed by atoms with Gasteiger partial charge in [-0.3, -0.25) is 4.90 Å². The van der Waals surface area contributed by atoms with E-state index in [-0.39, 0.29) is 6.04 Å². The highest BCUT2D eigenvalue weighted by atomic mass is 79.9. The number of benzene rings is 1. The van der Waals surface area contributed by atoms with Crippen molar-refractivity contribution in [1.82, 2.24) is 15.1 Å². The minimum Gasteiger partial charge on any atom is -0.419 e. The van der Waals surface area contributed by atoms with Gasteiger partial charge in [-0.25, -0.2) is 0 Å². The first-order valence-electron chi connectivity index (χ1n) is 6.77.